The Morgan fingerprint density at radius 2 is 1.00 bits per heavy atom. The number of aryl methyl sites for hydroxylation is 1. The number of hydrogen-bond donors (Lipinski definition) is 1. The largest absolute Gasteiger partial charge is 0.507 e. The zero-order valence-electron chi connectivity index (χ0n) is 34.4. The van der Waals surface area contributed by atoms with Crippen LogP contribution in [0.5, 0.6) is 40.6 Å². The van der Waals surface area contributed by atoms with Gasteiger partial charge in [-0.2, -0.15) is 23.7 Å². The van der Waals surface area contributed by atoms with Crippen molar-refractivity contribution in [2.24, 2.45) is 20.6 Å². The molecule has 0 amide bonds. The number of aromatic nitrogens is 4. The smallest absolute Gasteiger partial charge is 0.280 e. The van der Waals surface area contributed by atoms with Gasteiger partial charge in [-0.05, 0) is 65.8 Å². The Morgan fingerprint density at radius 3 is 1.49 bits per heavy atom. The molecule has 2 aliphatic rings. The highest BCUT2D eigenvalue weighted by molar-refractivity contribution is 6.46. The van der Waals surface area contributed by atoms with E-state index in [9.17, 15) is 9.50 Å². The highest BCUT2D eigenvalue weighted by Gasteiger charge is 2.25. The maximum atomic E-state index is 15.1. The summed E-state index contributed by atoms with van der Waals surface area (Å²) in [6, 6.07) is 26.8. The number of phenolic OH excluding ortho intramolecular Hbond substituents is 1. The molecule has 0 atom stereocenters. The molecule has 4 heterocycles. The van der Waals surface area contributed by atoms with Gasteiger partial charge in [-0.1, -0.05) is 82.0 Å². The van der Waals surface area contributed by atoms with Crippen LogP contribution in [0.25, 0.3) is 0 Å². The van der Waals surface area contributed by atoms with Gasteiger partial charge >= 0.3 is 0 Å². The lowest BCUT2D eigenvalue weighted by molar-refractivity contribution is 0.0672. The van der Waals surface area contributed by atoms with Crippen molar-refractivity contribution in [1.29, 1.82) is 0 Å². The molecule has 0 saturated carbocycles. The molecule has 0 saturated heterocycles. The van der Waals surface area contributed by atoms with Crippen molar-refractivity contribution in [3.63, 3.8) is 0 Å². The van der Waals surface area contributed by atoms with Gasteiger partial charge in [-0.15, -0.1) is 0 Å². The molecule has 22 heteroatoms. The summed E-state index contributed by atoms with van der Waals surface area (Å²) in [5.41, 5.74) is 1.61. The second-order valence-electron chi connectivity index (χ2n) is 12.5. The predicted molar refractivity (Wildman–Crippen MR) is 232 cm³/mol. The minimum absolute atomic E-state index is 0.0696. The summed E-state index contributed by atoms with van der Waals surface area (Å²) in [6.45, 7) is 2.91. The molecule has 0 unspecified atom stereocenters. The van der Waals surface area contributed by atoms with Crippen LogP contribution in [-0.4, -0.2) is 88.9 Å². The fourth-order valence-electron chi connectivity index (χ4n) is 5.21. The molecule has 0 bridgehead atoms. The monoisotopic (exact) mass is 932 g/mol. The summed E-state index contributed by atoms with van der Waals surface area (Å²) in [5, 5.41) is 25.8. The number of para-hydroxylation sites is 4. The van der Waals surface area contributed by atoms with Gasteiger partial charge in [0.25, 0.3) is 29.4 Å². The van der Waals surface area contributed by atoms with Crippen LogP contribution in [0.4, 0.5) is 8.78 Å². The minimum atomic E-state index is -0.915. The van der Waals surface area contributed by atoms with Crippen molar-refractivity contribution < 1.29 is 56.9 Å². The first-order valence-corrected chi connectivity index (χ1v) is 19.7. The van der Waals surface area contributed by atoms with Crippen molar-refractivity contribution in [2.75, 3.05) is 40.6 Å². The molecule has 0 fully saturated rings. The van der Waals surface area contributed by atoms with E-state index in [1.807, 2.05) is 0 Å². The first-order valence-electron chi connectivity index (χ1n) is 18.9. The van der Waals surface area contributed by atoms with E-state index in [0.717, 1.165) is 6.33 Å². The summed E-state index contributed by atoms with van der Waals surface area (Å²) in [6.07, 6.45) is 2.35. The maximum Gasteiger partial charge on any atom is 0.280 e. The molecule has 0 spiro atoms. The number of oxime groups is 4. The maximum absolute atomic E-state index is 15.1. The van der Waals surface area contributed by atoms with E-state index in [0.29, 0.717) is 52.5 Å². The molecule has 65 heavy (non-hydrogen) atoms. The summed E-state index contributed by atoms with van der Waals surface area (Å²) in [4.78, 5) is 34.8. The Hall–Kier alpha value is -7.84. The summed E-state index contributed by atoms with van der Waals surface area (Å²) in [7, 11) is 2.78. The molecular formula is C43H36Cl2F2N8O10. The third kappa shape index (κ3) is 12.6. The standard InChI is InChI=1S/C21H16ClFN4O5.C11H8ClFN2O.C11H12N2O4/c1-28-26-18(21-27-30-11-10-29-21)13-6-2-4-8-15(13)31-19-17(23)20(25-12-24-19)32-16-9-5-3-7-14(16)22;1-7-10(13)11(15-6-14-7)16-9-5-3-2-4-8(9)12;1-15-12-10(11-13-17-7-6-16-11)8-4-2-3-5-9(8)14/h2-9,12H,10-11H2,1H3;2-6H,1H3;2-5,14H,6-7H2,1H3/b26-18-;;12-10-. The second-order valence-corrected chi connectivity index (χ2v) is 13.3. The van der Waals surface area contributed by atoms with Crippen LogP contribution in [-0.2, 0) is 28.8 Å². The molecule has 4 aromatic carbocycles. The topological polar surface area (TPSA) is 204 Å². The van der Waals surface area contributed by atoms with Crippen molar-refractivity contribution >= 4 is 46.4 Å². The van der Waals surface area contributed by atoms with Gasteiger partial charge in [-0.3, -0.25) is 0 Å². The van der Waals surface area contributed by atoms with Gasteiger partial charge in [0, 0.05) is 0 Å². The van der Waals surface area contributed by atoms with Crippen molar-refractivity contribution in [1.82, 2.24) is 19.9 Å². The fraction of sp³-hybridized carbons (Fsp3) is 0.163. The zero-order valence-corrected chi connectivity index (χ0v) is 35.9. The van der Waals surface area contributed by atoms with Gasteiger partial charge in [0.15, 0.2) is 24.6 Å². The molecular weight excluding hydrogens is 897 g/mol. The van der Waals surface area contributed by atoms with E-state index in [1.54, 1.807) is 97.1 Å². The molecule has 2 aromatic heterocycles. The third-order valence-electron chi connectivity index (χ3n) is 8.14. The lowest BCUT2D eigenvalue weighted by Crippen LogP contribution is -2.25. The predicted octanol–water partition coefficient (Wildman–Crippen LogP) is 9.04. The average molecular weight is 934 g/mol. The lowest BCUT2D eigenvalue weighted by Gasteiger charge is -2.17. The van der Waals surface area contributed by atoms with Gasteiger partial charge in [0.2, 0.25) is 11.6 Å². The molecule has 0 radical (unpaired) electrons. The van der Waals surface area contributed by atoms with E-state index >= 15 is 4.39 Å². The van der Waals surface area contributed by atoms with E-state index in [2.05, 4.69) is 40.6 Å². The highest BCUT2D eigenvalue weighted by atomic mass is 35.5. The van der Waals surface area contributed by atoms with Crippen LogP contribution in [0, 0.1) is 18.6 Å². The van der Waals surface area contributed by atoms with Gasteiger partial charge in [-0.25, -0.2) is 4.98 Å². The van der Waals surface area contributed by atoms with Crippen LogP contribution < -0.4 is 14.2 Å². The van der Waals surface area contributed by atoms with Gasteiger partial charge in [0.05, 0.1) is 26.9 Å². The molecule has 2 aliphatic heterocycles. The molecule has 6 aromatic rings. The number of hydrogen-bond acceptors (Lipinski definition) is 18. The van der Waals surface area contributed by atoms with Crippen molar-refractivity contribution in [2.45, 2.75) is 6.92 Å². The number of rotatable bonds is 12. The SMILES string of the molecule is CO/N=C(\C1=NOCCO1)c1ccccc1O.CO/N=C(\C1=NOCCO1)c1ccccc1Oc1ncnc(Oc2ccccc2Cl)c1F.Cc1ncnc(Oc2ccccc2Cl)c1F. The van der Waals surface area contributed by atoms with Crippen molar-refractivity contribution in [3.8, 4) is 40.6 Å². The summed E-state index contributed by atoms with van der Waals surface area (Å²) >= 11 is 12.0. The number of ether oxygens (including phenoxy) is 5. The first kappa shape index (κ1) is 46.7. The van der Waals surface area contributed by atoms with E-state index in [4.69, 9.17) is 66.2 Å². The van der Waals surface area contributed by atoms with Crippen LogP contribution in [0.3, 0.4) is 0 Å². The number of aromatic hydroxyl groups is 1. The number of nitrogens with zero attached hydrogens (tertiary/aromatic N) is 8. The second kappa shape index (κ2) is 23.6. The fourth-order valence-corrected chi connectivity index (χ4v) is 5.55. The number of phenols is 1. The summed E-state index contributed by atoms with van der Waals surface area (Å²) < 4.78 is 55.9. The molecule has 18 nitrogen and oxygen atoms in total. The molecule has 336 valence electrons. The zero-order chi connectivity index (χ0) is 46.0. The Morgan fingerprint density at radius 1 is 0.569 bits per heavy atom. The van der Waals surface area contributed by atoms with Crippen LogP contribution >= 0.6 is 23.2 Å². The van der Waals surface area contributed by atoms with Crippen LogP contribution in [0.15, 0.2) is 130 Å². The normalized spacial score (nSPS) is 13.2. The number of benzene rings is 4. The number of halogens is 4. The molecule has 0 aliphatic carbocycles. The average Bonchev–Trinajstić information content (AvgIpc) is 3.33. The molecule has 8 rings (SSSR count). The van der Waals surface area contributed by atoms with Crippen LogP contribution in [0.2, 0.25) is 10.0 Å². The lowest BCUT2D eigenvalue weighted by atomic mass is 10.1. The van der Waals surface area contributed by atoms with Crippen molar-refractivity contribution in [3.05, 3.63) is 148 Å². The quantitative estimate of drug-likeness (QED) is 0.0899. The van der Waals surface area contributed by atoms with E-state index in [1.165, 1.54) is 27.5 Å². The van der Waals surface area contributed by atoms with E-state index in [-0.39, 0.29) is 64.7 Å². The van der Waals surface area contributed by atoms with Gasteiger partial charge < -0.3 is 48.1 Å². The first-order chi connectivity index (χ1) is 31.7. The molecule has 1 N–H and O–H groups in total. The minimum Gasteiger partial charge on any atom is -0.507 e. The Bertz CT molecular complexity index is 2700. The van der Waals surface area contributed by atoms with Crippen LogP contribution in [0.1, 0.15) is 16.8 Å². The Balaban J connectivity index is 0.000000178. The van der Waals surface area contributed by atoms with E-state index < -0.39 is 11.6 Å². The third-order valence-corrected chi connectivity index (χ3v) is 8.77. The highest BCUT2D eigenvalue weighted by Crippen LogP contribution is 2.34. The summed E-state index contributed by atoms with van der Waals surface area (Å²) in [5.74, 6) is -1.17. The Kier molecular flexibility index (Phi) is 16.9. The van der Waals surface area contributed by atoms with Gasteiger partial charge in [0.1, 0.15) is 63.1 Å². The Labute approximate surface area is 379 Å².